The van der Waals surface area contributed by atoms with Crippen LogP contribution in [0.25, 0.3) is 22.5 Å². The van der Waals surface area contributed by atoms with Crippen molar-refractivity contribution in [2.45, 2.75) is 19.6 Å². The van der Waals surface area contributed by atoms with Gasteiger partial charge in [0.25, 0.3) is 11.5 Å². The summed E-state index contributed by atoms with van der Waals surface area (Å²) in [5.74, 6) is 0.627. The summed E-state index contributed by atoms with van der Waals surface area (Å²) in [5.41, 5.74) is 1.37. The molecule has 0 radical (unpaired) electrons. The highest BCUT2D eigenvalue weighted by molar-refractivity contribution is 6.04. The van der Waals surface area contributed by atoms with Crippen molar-refractivity contribution in [2.24, 2.45) is 4.99 Å². The van der Waals surface area contributed by atoms with Gasteiger partial charge in [0.1, 0.15) is 17.2 Å². The summed E-state index contributed by atoms with van der Waals surface area (Å²) in [6.07, 6.45) is -2.47. The van der Waals surface area contributed by atoms with Crippen molar-refractivity contribution in [3.63, 3.8) is 0 Å². The maximum absolute atomic E-state index is 13.1. The van der Waals surface area contributed by atoms with Gasteiger partial charge >= 0.3 is 6.18 Å². The molecule has 4 heterocycles. The van der Waals surface area contributed by atoms with E-state index in [0.29, 0.717) is 36.7 Å². The van der Waals surface area contributed by atoms with Crippen LogP contribution in [0.3, 0.4) is 0 Å². The molecule has 0 spiro atoms. The number of amides is 1. The fourth-order valence-corrected chi connectivity index (χ4v) is 4.18. The molecule has 36 heavy (non-hydrogen) atoms. The molecule has 0 saturated heterocycles. The number of benzene rings is 1. The highest BCUT2D eigenvalue weighted by atomic mass is 19.4. The van der Waals surface area contributed by atoms with E-state index in [0.717, 1.165) is 33.9 Å². The number of alkyl halides is 3. The standard InChI is InChI=1S/C24H20F3N7O2/c1-12-3-4-15(32-22(36)18-8-14(24(25,26)27)11-30-21(18)35)9-16(12)17-7-13-10-31-23(28-2)33-19(13)34-6-5-29-20(17)34/h3-4,7-11,29H,5-6H2,1-2H3,(H,30,35)(H,32,36). The second-order valence-corrected chi connectivity index (χ2v) is 8.27. The molecular formula is C24H20F3N7O2. The van der Waals surface area contributed by atoms with Crippen molar-refractivity contribution in [1.82, 2.24) is 19.5 Å². The number of carbonyl (C=O) groups is 1. The van der Waals surface area contributed by atoms with Crippen LogP contribution in [0, 0.1) is 6.92 Å². The number of carbonyl (C=O) groups excluding carboxylic acids is 1. The van der Waals surface area contributed by atoms with Crippen LogP contribution in [-0.2, 0) is 12.7 Å². The molecule has 12 heteroatoms. The molecule has 0 atom stereocenters. The van der Waals surface area contributed by atoms with Gasteiger partial charge in [0, 0.05) is 49.3 Å². The van der Waals surface area contributed by atoms with E-state index in [1.807, 2.05) is 22.5 Å². The molecule has 5 rings (SSSR count). The normalized spacial score (nSPS) is 13.5. The van der Waals surface area contributed by atoms with Crippen LogP contribution in [0.4, 0.5) is 24.7 Å². The van der Waals surface area contributed by atoms with E-state index in [4.69, 9.17) is 0 Å². The summed E-state index contributed by atoms with van der Waals surface area (Å²) >= 11 is 0. The first-order valence-electron chi connectivity index (χ1n) is 11.0. The Bertz CT molecular complexity index is 1600. The summed E-state index contributed by atoms with van der Waals surface area (Å²) in [7, 11) is 1.62. The second kappa shape index (κ2) is 8.63. The predicted octanol–water partition coefficient (Wildman–Crippen LogP) is 3.27. The predicted molar refractivity (Wildman–Crippen MR) is 127 cm³/mol. The lowest BCUT2D eigenvalue weighted by Gasteiger charge is -2.19. The molecule has 2 aromatic rings. The lowest BCUT2D eigenvalue weighted by atomic mass is 9.98. The van der Waals surface area contributed by atoms with Crippen molar-refractivity contribution >= 4 is 17.4 Å². The maximum atomic E-state index is 13.1. The molecule has 0 unspecified atom stereocenters. The van der Waals surface area contributed by atoms with Crippen molar-refractivity contribution in [2.75, 3.05) is 24.2 Å². The molecular weight excluding hydrogens is 475 g/mol. The van der Waals surface area contributed by atoms with E-state index in [1.165, 1.54) is 0 Å². The Hall–Kier alpha value is -4.48. The fraction of sp³-hybridized carbons (Fsp3) is 0.208. The minimum absolute atomic E-state index is 0.325. The van der Waals surface area contributed by atoms with Crippen molar-refractivity contribution in [1.29, 1.82) is 0 Å². The number of pyridine rings is 2. The molecule has 9 nitrogen and oxygen atoms in total. The van der Waals surface area contributed by atoms with Crippen LogP contribution in [0.15, 0.2) is 52.5 Å². The number of hydrogen-bond donors (Lipinski definition) is 3. The van der Waals surface area contributed by atoms with Gasteiger partial charge in [0.2, 0.25) is 5.62 Å². The van der Waals surface area contributed by atoms with Crippen molar-refractivity contribution < 1.29 is 18.0 Å². The minimum Gasteiger partial charge on any atom is -0.369 e. The monoisotopic (exact) mass is 495 g/mol. The molecule has 1 aromatic heterocycles. The number of halogens is 3. The van der Waals surface area contributed by atoms with Crippen LogP contribution in [0.1, 0.15) is 21.5 Å². The number of aromatic amines is 1. The summed E-state index contributed by atoms with van der Waals surface area (Å²) in [4.78, 5) is 39.6. The molecule has 3 aliphatic heterocycles. The zero-order chi connectivity index (χ0) is 25.6. The Balaban J connectivity index is 1.56. The third-order valence-corrected chi connectivity index (χ3v) is 5.95. The van der Waals surface area contributed by atoms with Crippen LogP contribution in [-0.4, -0.2) is 39.0 Å². The van der Waals surface area contributed by atoms with Crippen LogP contribution < -0.4 is 21.8 Å². The SMILES string of the molecule is CN=c1ncc2cc(-c3cc(NC(=O)c4cc(C(F)(F)F)c[nH]c4=O)ccc3C)c3n(c-2n1)CCN3. The van der Waals surface area contributed by atoms with Gasteiger partial charge in [-0.05, 0) is 42.3 Å². The van der Waals surface area contributed by atoms with E-state index < -0.39 is 28.8 Å². The molecule has 0 bridgehead atoms. The lowest BCUT2D eigenvalue weighted by molar-refractivity contribution is -0.137. The number of anilines is 2. The molecule has 0 fully saturated rings. The van der Waals surface area contributed by atoms with E-state index in [1.54, 1.807) is 31.4 Å². The van der Waals surface area contributed by atoms with Gasteiger partial charge in [0.05, 0.1) is 5.56 Å². The van der Waals surface area contributed by atoms with E-state index in [9.17, 15) is 22.8 Å². The van der Waals surface area contributed by atoms with Crippen molar-refractivity contribution in [3.8, 4) is 22.5 Å². The average molecular weight is 495 g/mol. The Labute approximate surface area is 202 Å². The quantitative estimate of drug-likeness (QED) is 0.403. The van der Waals surface area contributed by atoms with Crippen LogP contribution in [0.2, 0.25) is 0 Å². The van der Waals surface area contributed by atoms with E-state index >= 15 is 0 Å². The highest BCUT2D eigenvalue weighted by Crippen LogP contribution is 2.39. The zero-order valence-electron chi connectivity index (χ0n) is 19.2. The van der Waals surface area contributed by atoms with Gasteiger partial charge < -0.3 is 20.2 Å². The Morgan fingerprint density at radius 3 is 2.75 bits per heavy atom. The van der Waals surface area contributed by atoms with Crippen LogP contribution >= 0.6 is 0 Å². The number of nitrogens with one attached hydrogen (secondary N) is 3. The first kappa shape index (κ1) is 23.3. The Morgan fingerprint density at radius 1 is 1.19 bits per heavy atom. The number of hydrogen-bond acceptors (Lipinski definition) is 6. The molecule has 1 amide bonds. The van der Waals surface area contributed by atoms with E-state index in [-0.39, 0.29) is 0 Å². The van der Waals surface area contributed by atoms with Gasteiger partial charge in [-0.3, -0.25) is 14.6 Å². The molecule has 184 valence electrons. The molecule has 3 N–H and O–H groups in total. The smallest absolute Gasteiger partial charge is 0.369 e. The summed E-state index contributed by atoms with van der Waals surface area (Å²) < 4.78 is 41.2. The first-order valence-corrected chi connectivity index (χ1v) is 11.0. The van der Waals surface area contributed by atoms with Gasteiger partial charge in [0.15, 0.2) is 0 Å². The van der Waals surface area contributed by atoms with Gasteiger partial charge in [-0.15, -0.1) is 0 Å². The second-order valence-electron chi connectivity index (χ2n) is 8.27. The lowest BCUT2D eigenvalue weighted by Crippen LogP contribution is -2.24. The average Bonchev–Trinajstić information content (AvgIpc) is 3.34. The Morgan fingerprint density at radius 2 is 2.00 bits per heavy atom. The topological polar surface area (TPSA) is 117 Å². The van der Waals surface area contributed by atoms with E-state index in [2.05, 4.69) is 25.6 Å². The molecule has 1 aromatic carbocycles. The maximum Gasteiger partial charge on any atom is 0.417 e. The largest absolute Gasteiger partial charge is 0.417 e. The minimum atomic E-state index is -4.70. The summed E-state index contributed by atoms with van der Waals surface area (Å²) in [6.45, 7) is 3.29. The number of aromatic nitrogens is 4. The third kappa shape index (κ3) is 4.10. The fourth-order valence-electron chi connectivity index (χ4n) is 4.18. The van der Waals surface area contributed by atoms with Gasteiger partial charge in [-0.25, -0.2) is 4.98 Å². The number of H-pyrrole nitrogens is 1. The van der Waals surface area contributed by atoms with Gasteiger partial charge in [-0.2, -0.15) is 18.2 Å². The number of rotatable bonds is 3. The zero-order valence-corrected chi connectivity index (χ0v) is 19.2. The highest BCUT2D eigenvalue weighted by Gasteiger charge is 2.32. The molecule has 0 saturated carbocycles. The molecule has 0 aliphatic carbocycles. The van der Waals surface area contributed by atoms with Crippen molar-refractivity contribution in [3.05, 3.63) is 75.4 Å². The summed E-state index contributed by atoms with van der Waals surface area (Å²) in [6, 6.07) is 7.60. The third-order valence-electron chi connectivity index (χ3n) is 5.95. The molecule has 3 aliphatic rings. The number of nitrogens with zero attached hydrogens (tertiary/aromatic N) is 4. The summed E-state index contributed by atoms with van der Waals surface area (Å²) in [5, 5.41) is 5.92. The first-order chi connectivity index (χ1) is 17.2. The van der Waals surface area contributed by atoms with Gasteiger partial charge in [-0.1, -0.05) is 6.07 Å². The Kier molecular flexibility index (Phi) is 5.58. The number of aryl methyl sites for hydroxylation is 1. The number of fused-ring (bicyclic) bond motifs is 3. The van der Waals surface area contributed by atoms with Crippen LogP contribution in [0.5, 0.6) is 0 Å².